The molecule has 0 spiro atoms. The molecule has 0 fully saturated rings. The molecule has 3 N–H and O–H groups in total. The first-order valence-corrected chi connectivity index (χ1v) is 4.81. The number of nitrogens with two attached hydrogens (primary N) is 1. The van der Waals surface area contributed by atoms with Gasteiger partial charge in [-0.1, -0.05) is 12.1 Å². The molecule has 2 rings (SSSR count). The lowest BCUT2D eigenvalue weighted by molar-refractivity contribution is 0.627. The predicted octanol–water partition coefficient (Wildman–Crippen LogP) is 1.81. The number of hydrogen-bond acceptors (Lipinski definition) is 4. The monoisotopic (exact) mass is 218 g/mol. The van der Waals surface area contributed by atoms with Gasteiger partial charge in [0.15, 0.2) is 0 Å². The molecule has 0 aliphatic carbocycles. The van der Waals surface area contributed by atoms with Gasteiger partial charge < -0.3 is 11.1 Å². The topological polar surface area (TPSA) is 63.8 Å². The highest BCUT2D eigenvalue weighted by atomic mass is 19.1. The van der Waals surface area contributed by atoms with Crippen LogP contribution in [0.2, 0.25) is 0 Å². The molecule has 0 saturated carbocycles. The Labute approximate surface area is 92.3 Å². The first-order chi connectivity index (χ1) is 7.74. The van der Waals surface area contributed by atoms with Gasteiger partial charge >= 0.3 is 0 Å². The van der Waals surface area contributed by atoms with E-state index in [-0.39, 0.29) is 11.8 Å². The summed E-state index contributed by atoms with van der Waals surface area (Å²) in [5.41, 5.74) is 6.41. The van der Waals surface area contributed by atoms with Crippen LogP contribution in [0.4, 0.5) is 16.2 Å². The molecule has 1 heterocycles. The predicted molar refractivity (Wildman–Crippen MR) is 60.2 cm³/mol. The lowest BCUT2D eigenvalue weighted by Gasteiger charge is -2.05. The Hall–Kier alpha value is -2.17. The standard InChI is InChI=1S/C11H11FN4/c12-9-3-1-8(2-4-9)7-15-10-5-6-14-11(13)16-10/h1-6H,7H2,(H3,13,14,15,16). The highest BCUT2D eigenvalue weighted by Gasteiger charge is 1.96. The normalized spacial score (nSPS) is 10.1. The van der Waals surface area contributed by atoms with Crippen LogP contribution in [-0.4, -0.2) is 9.97 Å². The van der Waals surface area contributed by atoms with E-state index in [9.17, 15) is 4.39 Å². The molecule has 0 radical (unpaired) electrons. The maximum absolute atomic E-state index is 12.6. The zero-order chi connectivity index (χ0) is 11.4. The number of rotatable bonds is 3. The molecular weight excluding hydrogens is 207 g/mol. The Morgan fingerprint density at radius 2 is 1.94 bits per heavy atom. The van der Waals surface area contributed by atoms with Gasteiger partial charge in [-0.15, -0.1) is 0 Å². The van der Waals surface area contributed by atoms with Gasteiger partial charge in [0, 0.05) is 12.7 Å². The largest absolute Gasteiger partial charge is 0.368 e. The fourth-order valence-corrected chi connectivity index (χ4v) is 1.27. The Morgan fingerprint density at radius 1 is 1.19 bits per heavy atom. The molecule has 0 bridgehead atoms. The molecule has 0 aliphatic rings. The molecule has 1 aromatic heterocycles. The molecule has 5 heteroatoms. The fraction of sp³-hybridized carbons (Fsp3) is 0.0909. The van der Waals surface area contributed by atoms with Crippen molar-refractivity contribution in [1.29, 1.82) is 0 Å². The molecule has 0 unspecified atom stereocenters. The minimum atomic E-state index is -0.241. The van der Waals surface area contributed by atoms with Crippen LogP contribution in [0.1, 0.15) is 5.56 Å². The Kier molecular flexibility index (Phi) is 2.95. The summed E-state index contributed by atoms with van der Waals surface area (Å²) >= 11 is 0. The molecule has 2 aromatic rings. The summed E-state index contributed by atoms with van der Waals surface area (Å²) in [6.07, 6.45) is 1.58. The Balaban J connectivity index is 1.99. The first kappa shape index (κ1) is 10.4. The second-order valence-electron chi connectivity index (χ2n) is 3.28. The van der Waals surface area contributed by atoms with Crippen LogP contribution in [0.15, 0.2) is 36.5 Å². The SMILES string of the molecule is Nc1nccc(NCc2ccc(F)cc2)n1. The summed E-state index contributed by atoms with van der Waals surface area (Å²) in [7, 11) is 0. The maximum Gasteiger partial charge on any atom is 0.221 e. The molecule has 1 aromatic carbocycles. The highest BCUT2D eigenvalue weighted by Crippen LogP contribution is 2.07. The van der Waals surface area contributed by atoms with Crippen molar-refractivity contribution in [2.45, 2.75) is 6.54 Å². The molecule has 0 atom stereocenters. The number of nitrogens with one attached hydrogen (secondary N) is 1. The number of anilines is 2. The Morgan fingerprint density at radius 3 is 2.62 bits per heavy atom. The van der Waals surface area contributed by atoms with Crippen LogP contribution >= 0.6 is 0 Å². The summed E-state index contributed by atoms with van der Waals surface area (Å²) in [6, 6.07) is 8.00. The quantitative estimate of drug-likeness (QED) is 0.824. The molecule has 16 heavy (non-hydrogen) atoms. The van der Waals surface area contributed by atoms with Gasteiger partial charge in [0.25, 0.3) is 0 Å². The van der Waals surface area contributed by atoms with Gasteiger partial charge in [0.1, 0.15) is 11.6 Å². The summed E-state index contributed by atoms with van der Waals surface area (Å²) in [5, 5.41) is 3.07. The molecule has 4 nitrogen and oxygen atoms in total. The van der Waals surface area contributed by atoms with Crippen molar-refractivity contribution < 1.29 is 4.39 Å². The smallest absolute Gasteiger partial charge is 0.221 e. The highest BCUT2D eigenvalue weighted by molar-refractivity contribution is 5.38. The lowest BCUT2D eigenvalue weighted by Crippen LogP contribution is -2.03. The summed E-state index contributed by atoms with van der Waals surface area (Å²) in [6.45, 7) is 0.566. The number of aromatic nitrogens is 2. The minimum Gasteiger partial charge on any atom is -0.368 e. The van der Waals surface area contributed by atoms with E-state index in [1.807, 2.05) is 0 Å². The molecule has 0 amide bonds. The number of hydrogen-bond donors (Lipinski definition) is 2. The minimum absolute atomic E-state index is 0.226. The zero-order valence-electron chi connectivity index (χ0n) is 8.52. The van der Waals surface area contributed by atoms with E-state index in [4.69, 9.17) is 5.73 Å². The molecule has 0 saturated heterocycles. The second-order valence-corrected chi connectivity index (χ2v) is 3.28. The number of halogens is 1. The van der Waals surface area contributed by atoms with Crippen LogP contribution in [0.5, 0.6) is 0 Å². The fourth-order valence-electron chi connectivity index (χ4n) is 1.27. The van der Waals surface area contributed by atoms with Gasteiger partial charge in [-0.05, 0) is 23.8 Å². The van der Waals surface area contributed by atoms with Gasteiger partial charge in [0.2, 0.25) is 5.95 Å². The Bertz CT molecular complexity index is 470. The van der Waals surface area contributed by atoms with Crippen molar-refractivity contribution >= 4 is 11.8 Å². The third kappa shape index (κ3) is 2.66. The van der Waals surface area contributed by atoms with Crippen molar-refractivity contribution in [3.63, 3.8) is 0 Å². The van der Waals surface area contributed by atoms with E-state index in [2.05, 4.69) is 15.3 Å². The van der Waals surface area contributed by atoms with Crippen molar-refractivity contribution in [1.82, 2.24) is 9.97 Å². The lowest BCUT2D eigenvalue weighted by atomic mass is 10.2. The van der Waals surface area contributed by atoms with Gasteiger partial charge in [-0.25, -0.2) is 9.37 Å². The van der Waals surface area contributed by atoms with Gasteiger partial charge in [-0.2, -0.15) is 4.98 Å². The van der Waals surface area contributed by atoms with Crippen LogP contribution in [0, 0.1) is 5.82 Å². The molecular formula is C11H11FN4. The van der Waals surface area contributed by atoms with E-state index >= 15 is 0 Å². The average Bonchev–Trinajstić information content (AvgIpc) is 2.28. The third-order valence-corrected chi connectivity index (χ3v) is 2.06. The first-order valence-electron chi connectivity index (χ1n) is 4.81. The van der Waals surface area contributed by atoms with E-state index in [0.717, 1.165) is 5.56 Å². The van der Waals surface area contributed by atoms with Gasteiger partial charge in [0.05, 0.1) is 0 Å². The summed E-state index contributed by atoms with van der Waals surface area (Å²) < 4.78 is 12.6. The number of nitrogen functional groups attached to an aromatic ring is 1. The van der Waals surface area contributed by atoms with E-state index < -0.39 is 0 Å². The van der Waals surface area contributed by atoms with Crippen molar-refractivity contribution in [3.05, 3.63) is 47.9 Å². The molecule has 0 aliphatic heterocycles. The van der Waals surface area contributed by atoms with Crippen molar-refractivity contribution in [2.75, 3.05) is 11.1 Å². The summed E-state index contributed by atoms with van der Waals surface area (Å²) in [4.78, 5) is 7.77. The number of nitrogens with zero attached hydrogens (tertiary/aromatic N) is 2. The second kappa shape index (κ2) is 4.57. The number of benzene rings is 1. The molecule has 82 valence electrons. The van der Waals surface area contributed by atoms with Crippen molar-refractivity contribution in [2.24, 2.45) is 0 Å². The van der Waals surface area contributed by atoms with E-state index in [0.29, 0.717) is 12.4 Å². The van der Waals surface area contributed by atoms with Crippen LogP contribution in [-0.2, 0) is 6.54 Å². The van der Waals surface area contributed by atoms with Crippen LogP contribution < -0.4 is 11.1 Å². The average molecular weight is 218 g/mol. The maximum atomic E-state index is 12.6. The van der Waals surface area contributed by atoms with E-state index in [1.54, 1.807) is 24.4 Å². The van der Waals surface area contributed by atoms with Crippen LogP contribution in [0.3, 0.4) is 0 Å². The zero-order valence-corrected chi connectivity index (χ0v) is 8.52. The summed E-state index contributed by atoms with van der Waals surface area (Å²) in [5.74, 6) is 0.635. The van der Waals surface area contributed by atoms with E-state index in [1.165, 1.54) is 12.1 Å². The van der Waals surface area contributed by atoms with Crippen LogP contribution in [0.25, 0.3) is 0 Å². The van der Waals surface area contributed by atoms with Crippen molar-refractivity contribution in [3.8, 4) is 0 Å². The third-order valence-electron chi connectivity index (χ3n) is 2.06. The van der Waals surface area contributed by atoms with Gasteiger partial charge in [-0.3, -0.25) is 0 Å².